The van der Waals surface area contributed by atoms with Crippen LogP contribution in [0.5, 0.6) is 0 Å². The van der Waals surface area contributed by atoms with E-state index in [0.29, 0.717) is 49.7 Å². The number of rotatable bonds is 7. The van der Waals surface area contributed by atoms with Crippen LogP contribution in [0.1, 0.15) is 39.7 Å². The Hall–Kier alpha value is -1.66. The van der Waals surface area contributed by atoms with Gasteiger partial charge < -0.3 is 10.2 Å². The van der Waals surface area contributed by atoms with Gasteiger partial charge in [0.1, 0.15) is 11.9 Å². The second kappa shape index (κ2) is 10.2. The average Bonchev–Trinajstić information content (AvgIpc) is 2.62. The van der Waals surface area contributed by atoms with Gasteiger partial charge in [0, 0.05) is 49.7 Å². The molecule has 1 fully saturated rings. The van der Waals surface area contributed by atoms with Crippen LogP contribution >= 0.6 is 11.6 Å². The summed E-state index contributed by atoms with van der Waals surface area (Å²) in [4.78, 5) is 29.0. The van der Waals surface area contributed by atoms with E-state index >= 15 is 0 Å². The Morgan fingerprint density at radius 1 is 1.14 bits per heavy atom. The first kappa shape index (κ1) is 22.6. The van der Waals surface area contributed by atoms with E-state index < -0.39 is 6.04 Å². The van der Waals surface area contributed by atoms with Crippen LogP contribution in [-0.2, 0) is 16.1 Å². The third-order valence-electron chi connectivity index (χ3n) is 4.97. The van der Waals surface area contributed by atoms with Gasteiger partial charge in [-0.3, -0.25) is 14.5 Å². The van der Waals surface area contributed by atoms with Crippen LogP contribution < -0.4 is 5.32 Å². The second-order valence-electron chi connectivity index (χ2n) is 8.19. The topological polar surface area (TPSA) is 52.7 Å². The summed E-state index contributed by atoms with van der Waals surface area (Å²) in [6.45, 7) is 10.6. The standard InChI is InChI=1S/C21H31ClFN3O2/c1-14(2)12-19(27)24-20(15(3)4)21(28)26-10-8-25(9-11-26)13-16-17(22)6-5-7-18(16)23/h5-7,14-15,20H,8-13H2,1-4H3,(H,24,27). The highest BCUT2D eigenvalue weighted by Gasteiger charge is 2.31. The number of nitrogens with one attached hydrogen (secondary N) is 1. The number of amides is 2. The molecule has 0 spiro atoms. The first-order valence-electron chi connectivity index (χ1n) is 9.92. The largest absolute Gasteiger partial charge is 0.344 e. The molecule has 5 nitrogen and oxygen atoms in total. The van der Waals surface area contributed by atoms with Crippen LogP contribution in [0.2, 0.25) is 5.02 Å². The van der Waals surface area contributed by atoms with Crippen LogP contribution in [0.25, 0.3) is 0 Å². The normalized spacial score (nSPS) is 16.5. The fourth-order valence-corrected chi connectivity index (χ4v) is 3.57. The van der Waals surface area contributed by atoms with E-state index in [4.69, 9.17) is 11.6 Å². The zero-order chi connectivity index (χ0) is 20.8. The van der Waals surface area contributed by atoms with E-state index in [9.17, 15) is 14.0 Å². The lowest BCUT2D eigenvalue weighted by Gasteiger charge is -2.37. The predicted octanol–water partition coefficient (Wildman–Crippen LogP) is 3.31. The number of nitrogens with zero attached hydrogens (tertiary/aromatic N) is 2. The number of piperazine rings is 1. The Morgan fingerprint density at radius 3 is 2.32 bits per heavy atom. The highest BCUT2D eigenvalue weighted by molar-refractivity contribution is 6.31. The van der Waals surface area contributed by atoms with Crippen LogP contribution in [0.4, 0.5) is 4.39 Å². The van der Waals surface area contributed by atoms with Crippen LogP contribution in [0.15, 0.2) is 18.2 Å². The molecule has 0 aromatic heterocycles. The molecular weight excluding hydrogens is 381 g/mol. The lowest BCUT2D eigenvalue weighted by molar-refractivity contribution is -0.139. The van der Waals surface area contributed by atoms with Crippen molar-refractivity contribution >= 4 is 23.4 Å². The number of benzene rings is 1. The van der Waals surface area contributed by atoms with Crippen molar-refractivity contribution < 1.29 is 14.0 Å². The maximum atomic E-state index is 14.0. The van der Waals surface area contributed by atoms with Gasteiger partial charge in [-0.1, -0.05) is 45.4 Å². The molecule has 1 N–H and O–H groups in total. The fourth-order valence-electron chi connectivity index (χ4n) is 3.35. The Balaban J connectivity index is 1.93. The van der Waals surface area contributed by atoms with Gasteiger partial charge in [-0.15, -0.1) is 0 Å². The van der Waals surface area contributed by atoms with E-state index in [2.05, 4.69) is 10.2 Å². The molecule has 0 aliphatic carbocycles. The summed E-state index contributed by atoms with van der Waals surface area (Å²) in [5.41, 5.74) is 0.491. The molecule has 1 aliphatic heterocycles. The first-order valence-corrected chi connectivity index (χ1v) is 10.3. The minimum atomic E-state index is -0.515. The molecule has 1 aromatic rings. The van der Waals surface area contributed by atoms with Crippen molar-refractivity contribution in [1.82, 2.24) is 15.1 Å². The molecule has 1 heterocycles. The third-order valence-corrected chi connectivity index (χ3v) is 5.32. The highest BCUT2D eigenvalue weighted by Crippen LogP contribution is 2.21. The summed E-state index contributed by atoms with van der Waals surface area (Å²) in [7, 11) is 0. The first-order chi connectivity index (χ1) is 13.2. The monoisotopic (exact) mass is 411 g/mol. The van der Waals surface area contributed by atoms with Gasteiger partial charge in [-0.05, 0) is 24.0 Å². The SMILES string of the molecule is CC(C)CC(=O)NC(C(=O)N1CCN(Cc2c(F)cccc2Cl)CC1)C(C)C. The molecule has 1 aliphatic rings. The molecule has 0 saturated carbocycles. The van der Waals surface area contributed by atoms with E-state index in [1.807, 2.05) is 27.7 Å². The van der Waals surface area contributed by atoms with Crippen LogP contribution in [0, 0.1) is 17.7 Å². The minimum Gasteiger partial charge on any atom is -0.344 e. The molecule has 2 amide bonds. The Morgan fingerprint density at radius 2 is 1.79 bits per heavy atom. The zero-order valence-corrected chi connectivity index (χ0v) is 17.9. The van der Waals surface area contributed by atoms with Crippen LogP contribution in [-0.4, -0.2) is 53.8 Å². The lowest BCUT2D eigenvalue weighted by Crippen LogP contribution is -2.56. The second-order valence-corrected chi connectivity index (χ2v) is 8.60. The molecule has 28 heavy (non-hydrogen) atoms. The number of halogens is 2. The lowest BCUT2D eigenvalue weighted by atomic mass is 10.0. The van der Waals surface area contributed by atoms with E-state index in [0.717, 1.165) is 0 Å². The summed E-state index contributed by atoms with van der Waals surface area (Å²) in [5, 5.41) is 3.32. The number of hydrogen-bond acceptors (Lipinski definition) is 3. The summed E-state index contributed by atoms with van der Waals surface area (Å²) in [6.07, 6.45) is 0.410. The molecule has 0 bridgehead atoms. The Bertz CT molecular complexity index is 668. The molecule has 1 unspecified atom stereocenters. The van der Waals surface area contributed by atoms with Crippen molar-refractivity contribution in [2.75, 3.05) is 26.2 Å². The molecule has 156 valence electrons. The van der Waals surface area contributed by atoms with E-state index in [1.54, 1.807) is 17.0 Å². The van der Waals surface area contributed by atoms with Crippen LogP contribution in [0.3, 0.4) is 0 Å². The van der Waals surface area contributed by atoms with Crippen molar-refractivity contribution in [1.29, 1.82) is 0 Å². The van der Waals surface area contributed by atoms with Gasteiger partial charge >= 0.3 is 0 Å². The molecule has 1 atom stereocenters. The molecule has 0 radical (unpaired) electrons. The van der Waals surface area contributed by atoms with Gasteiger partial charge in [0.25, 0.3) is 0 Å². The number of carbonyl (C=O) groups excluding carboxylic acids is 2. The third kappa shape index (κ3) is 6.17. The zero-order valence-electron chi connectivity index (χ0n) is 17.2. The van der Waals surface area contributed by atoms with Gasteiger partial charge in [0.05, 0.1) is 0 Å². The predicted molar refractivity (Wildman–Crippen MR) is 109 cm³/mol. The molecule has 2 rings (SSSR count). The molecule has 7 heteroatoms. The summed E-state index contributed by atoms with van der Waals surface area (Å²) < 4.78 is 14.0. The highest BCUT2D eigenvalue weighted by atomic mass is 35.5. The minimum absolute atomic E-state index is 0.0128. The Labute approximate surface area is 172 Å². The van der Waals surface area contributed by atoms with Gasteiger partial charge in [0.2, 0.25) is 11.8 Å². The Kier molecular flexibility index (Phi) is 8.25. The maximum absolute atomic E-state index is 14.0. The summed E-state index contributed by atoms with van der Waals surface area (Å²) in [6, 6.07) is 4.18. The quantitative estimate of drug-likeness (QED) is 0.748. The van der Waals surface area contributed by atoms with Gasteiger partial charge in [-0.2, -0.15) is 0 Å². The van der Waals surface area contributed by atoms with Crippen molar-refractivity contribution in [2.45, 2.75) is 46.7 Å². The maximum Gasteiger partial charge on any atom is 0.245 e. The van der Waals surface area contributed by atoms with Gasteiger partial charge in [-0.25, -0.2) is 4.39 Å². The average molecular weight is 412 g/mol. The van der Waals surface area contributed by atoms with Crippen molar-refractivity contribution in [3.63, 3.8) is 0 Å². The van der Waals surface area contributed by atoms with E-state index in [-0.39, 0.29) is 29.5 Å². The number of hydrogen-bond donors (Lipinski definition) is 1. The van der Waals surface area contributed by atoms with E-state index in [1.165, 1.54) is 6.07 Å². The van der Waals surface area contributed by atoms with Crippen molar-refractivity contribution in [3.8, 4) is 0 Å². The molecule has 1 aromatic carbocycles. The molecular formula is C21H31ClFN3O2. The van der Waals surface area contributed by atoms with Gasteiger partial charge in [0.15, 0.2) is 0 Å². The molecule has 1 saturated heterocycles. The van der Waals surface area contributed by atoms with Crippen molar-refractivity contribution in [2.24, 2.45) is 11.8 Å². The summed E-state index contributed by atoms with van der Waals surface area (Å²) in [5.74, 6) is -0.181. The fraction of sp³-hybridized carbons (Fsp3) is 0.619. The number of carbonyl (C=O) groups is 2. The summed E-state index contributed by atoms with van der Waals surface area (Å²) >= 11 is 6.12. The van der Waals surface area contributed by atoms with Crippen molar-refractivity contribution in [3.05, 3.63) is 34.6 Å². The smallest absolute Gasteiger partial charge is 0.245 e.